The molecule has 0 spiro atoms. The predicted octanol–water partition coefficient (Wildman–Crippen LogP) is 2.15. The maximum Gasteiger partial charge on any atom is 0.315 e. The van der Waals surface area contributed by atoms with E-state index < -0.39 is 0 Å². The van der Waals surface area contributed by atoms with Crippen LogP contribution in [0.1, 0.15) is 18.4 Å². The molecule has 1 atom stereocenters. The number of carbonyl (C=O) groups is 1. The molecule has 144 valence electrons. The Morgan fingerprint density at radius 1 is 1.33 bits per heavy atom. The van der Waals surface area contributed by atoms with Gasteiger partial charge in [-0.3, -0.25) is 0 Å². The Hall–Kier alpha value is -2.90. The second kappa shape index (κ2) is 8.66. The normalized spacial score (nSPS) is 16.7. The third-order valence-corrected chi connectivity index (χ3v) is 4.54. The van der Waals surface area contributed by atoms with Crippen LogP contribution in [0, 0.1) is 5.82 Å². The Morgan fingerprint density at radius 2 is 2.11 bits per heavy atom. The zero-order chi connectivity index (χ0) is 19.2. The molecule has 27 heavy (non-hydrogen) atoms. The fourth-order valence-electron chi connectivity index (χ4n) is 3.17. The van der Waals surface area contributed by atoms with E-state index in [2.05, 4.69) is 25.5 Å². The van der Waals surface area contributed by atoms with E-state index in [0.717, 1.165) is 24.9 Å². The second-order valence-corrected chi connectivity index (χ2v) is 6.84. The maximum atomic E-state index is 14.0. The van der Waals surface area contributed by atoms with Crippen molar-refractivity contribution in [1.82, 2.24) is 20.6 Å². The van der Waals surface area contributed by atoms with Crippen molar-refractivity contribution >= 4 is 17.7 Å². The van der Waals surface area contributed by atoms with Crippen molar-refractivity contribution in [2.24, 2.45) is 0 Å². The van der Waals surface area contributed by atoms with E-state index in [1.807, 2.05) is 6.07 Å². The van der Waals surface area contributed by atoms with Crippen LogP contribution >= 0.6 is 0 Å². The minimum absolute atomic E-state index is 0.0235. The lowest BCUT2D eigenvalue weighted by atomic mass is 10.1. The lowest BCUT2D eigenvalue weighted by molar-refractivity contribution is 0.234. The van der Waals surface area contributed by atoms with Gasteiger partial charge >= 0.3 is 6.03 Å². The molecule has 1 saturated heterocycles. The van der Waals surface area contributed by atoms with Gasteiger partial charge in [0, 0.05) is 52.2 Å². The highest BCUT2D eigenvalue weighted by Crippen LogP contribution is 2.18. The molecule has 0 bridgehead atoms. The SMILES string of the molecule is CN(C)c1ccc(CNC(=O)NC2CCCN(c3ncccn3)C2)cc1F. The van der Waals surface area contributed by atoms with E-state index in [-0.39, 0.29) is 24.4 Å². The van der Waals surface area contributed by atoms with Crippen molar-refractivity contribution in [2.75, 3.05) is 37.0 Å². The highest BCUT2D eigenvalue weighted by molar-refractivity contribution is 5.74. The summed E-state index contributed by atoms with van der Waals surface area (Å²) in [6, 6.07) is 6.52. The van der Waals surface area contributed by atoms with Crippen LogP contribution in [0.25, 0.3) is 0 Å². The number of anilines is 2. The van der Waals surface area contributed by atoms with E-state index in [1.165, 1.54) is 6.07 Å². The second-order valence-electron chi connectivity index (χ2n) is 6.84. The summed E-state index contributed by atoms with van der Waals surface area (Å²) in [6.07, 6.45) is 5.29. The van der Waals surface area contributed by atoms with E-state index in [9.17, 15) is 9.18 Å². The van der Waals surface area contributed by atoms with Gasteiger partial charge in [-0.25, -0.2) is 19.2 Å². The standard InChI is InChI=1S/C19H25FN6O/c1-25(2)17-7-6-14(11-16(17)20)12-23-19(27)24-15-5-3-10-26(13-15)18-21-8-4-9-22-18/h4,6-9,11,15H,3,5,10,12-13H2,1-2H3,(H2,23,24,27). The molecule has 1 aromatic heterocycles. The van der Waals surface area contributed by atoms with Crippen LogP contribution in [0.3, 0.4) is 0 Å². The molecule has 2 N–H and O–H groups in total. The fraction of sp³-hybridized carbons (Fsp3) is 0.421. The summed E-state index contributed by atoms with van der Waals surface area (Å²) in [5, 5.41) is 5.78. The number of amides is 2. The van der Waals surface area contributed by atoms with Crippen molar-refractivity contribution in [3.8, 4) is 0 Å². The molecular weight excluding hydrogens is 347 g/mol. The molecule has 0 aliphatic carbocycles. The Kier molecular flexibility index (Phi) is 6.05. The molecule has 0 saturated carbocycles. The third-order valence-electron chi connectivity index (χ3n) is 4.54. The molecule has 2 heterocycles. The summed E-state index contributed by atoms with van der Waals surface area (Å²) in [5.74, 6) is 0.381. The molecule has 1 unspecified atom stereocenters. The average Bonchev–Trinajstić information content (AvgIpc) is 2.67. The summed E-state index contributed by atoms with van der Waals surface area (Å²) in [4.78, 5) is 24.5. The summed E-state index contributed by atoms with van der Waals surface area (Å²) in [6.45, 7) is 1.82. The molecule has 2 aromatic rings. The minimum Gasteiger partial charge on any atom is -0.375 e. The zero-order valence-electron chi connectivity index (χ0n) is 15.7. The molecule has 1 fully saturated rings. The molecule has 8 heteroatoms. The van der Waals surface area contributed by atoms with E-state index in [1.54, 1.807) is 43.5 Å². The molecular formula is C19H25FN6O. The van der Waals surface area contributed by atoms with Crippen molar-refractivity contribution < 1.29 is 9.18 Å². The van der Waals surface area contributed by atoms with Gasteiger partial charge in [-0.2, -0.15) is 0 Å². The maximum absolute atomic E-state index is 14.0. The smallest absolute Gasteiger partial charge is 0.315 e. The van der Waals surface area contributed by atoms with Gasteiger partial charge in [-0.15, -0.1) is 0 Å². The number of hydrogen-bond donors (Lipinski definition) is 2. The molecule has 7 nitrogen and oxygen atoms in total. The van der Waals surface area contributed by atoms with E-state index in [0.29, 0.717) is 18.2 Å². The number of aromatic nitrogens is 2. The summed E-state index contributed by atoms with van der Waals surface area (Å²) in [7, 11) is 3.58. The average molecular weight is 372 g/mol. The minimum atomic E-state index is -0.300. The van der Waals surface area contributed by atoms with Crippen molar-refractivity contribution in [3.63, 3.8) is 0 Å². The number of piperidine rings is 1. The third kappa shape index (κ3) is 5.06. The Balaban J connectivity index is 1.50. The molecule has 3 rings (SSSR count). The van der Waals surface area contributed by atoms with Crippen molar-refractivity contribution in [2.45, 2.75) is 25.4 Å². The molecule has 1 aromatic carbocycles. The quantitative estimate of drug-likeness (QED) is 0.841. The largest absolute Gasteiger partial charge is 0.375 e. The van der Waals surface area contributed by atoms with Gasteiger partial charge in [0.25, 0.3) is 0 Å². The number of nitrogens with zero attached hydrogens (tertiary/aromatic N) is 4. The van der Waals surface area contributed by atoms with Gasteiger partial charge in [0.15, 0.2) is 0 Å². The number of nitrogens with one attached hydrogen (secondary N) is 2. The first kappa shape index (κ1) is 18.9. The Labute approximate surface area is 158 Å². The molecule has 2 amide bonds. The van der Waals surface area contributed by atoms with E-state index in [4.69, 9.17) is 0 Å². The number of halogens is 1. The van der Waals surface area contributed by atoms with Gasteiger partial charge in [0.1, 0.15) is 5.82 Å². The zero-order valence-corrected chi connectivity index (χ0v) is 15.7. The topological polar surface area (TPSA) is 73.4 Å². The number of urea groups is 1. The van der Waals surface area contributed by atoms with Crippen molar-refractivity contribution in [1.29, 1.82) is 0 Å². The number of carbonyl (C=O) groups excluding carboxylic acids is 1. The highest BCUT2D eigenvalue weighted by atomic mass is 19.1. The van der Waals surface area contributed by atoms with Crippen LogP contribution < -0.4 is 20.4 Å². The first-order chi connectivity index (χ1) is 13.0. The first-order valence-electron chi connectivity index (χ1n) is 9.05. The Morgan fingerprint density at radius 3 is 2.81 bits per heavy atom. The number of benzene rings is 1. The lowest BCUT2D eigenvalue weighted by Crippen LogP contribution is -2.50. The van der Waals surface area contributed by atoms with Crippen LogP contribution in [0.4, 0.5) is 20.8 Å². The Bertz CT molecular complexity index is 770. The summed E-state index contributed by atoms with van der Waals surface area (Å²) >= 11 is 0. The fourth-order valence-corrected chi connectivity index (χ4v) is 3.17. The summed E-state index contributed by atoms with van der Waals surface area (Å²) in [5.41, 5.74) is 1.24. The van der Waals surface area contributed by atoms with Crippen LogP contribution in [-0.4, -0.2) is 49.2 Å². The predicted molar refractivity (Wildman–Crippen MR) is 103 cm³/mol. The number of rotatable bonds is 5. The van der Waals surface area contributed by atoms with E-state index >= 15 is 0 Å². The van der Waals surface area contributed by atoms with Gasteiger partial charge in [0.2, 0.25) is 5.95 Å². The van der Waals surface area contributed by atoms with Crippen LogP contribution in [0.15, 0.2) is 36.7 Å². The van der Waals surface area contributed by atoms with Crippen LogP contribution in [0.5, 0.6) is 0 Å². The summed E-state index contributed by atoms with van der Waals surface area (Å²) < 4.78 is 14.0. The molecule has 0 radical (unpaired) electrons. The van der Waals surface area contributed by atoms with Gasteiger partial charge in [-0.1, -0.05) is 6.07 Å². The van der Waals surface area contributed by atoms with Gasteiger partial charge in [-0.05, 0) is 36.6 Å². The van der Waals surface area contributed by atoms with Crippen LogP contribution in [-0.2, 0) is 6.54 Å². The van der Waals surface area contributed by atoms with Crippen LogP contribution in [0.2, 0.25) is 0 Å². The number of hydrogen-bond acceptors (Lipinski definition) is 5. The molecule has 1 aliphatic rings. The monoisotopic (exact) mass is 372 g/mol. The lowest BCUT2D eigenvalue weighted by Gasteiger charge is -2.33. The first-order valence-corrected chi connectivity index (χ1v) is 9.05. The highest BCUT2D eigenvalue weighted by Gasteiger charge is 2.22. The van der Waals surface area contributed by atoms with Gasteiger partial charge in [0.05, 0.1) is 5.69 Å². The van der Waals surface area contributed by atoms with Crippen molar-refractivity contribution in [3.05, 3.63) is 48.0 Å². The van der Waals surface area contributed by atoms with Gasteiger partial charge < -0.3 is 20.4 Å². The molecule has 1 aliphatic heterocycles.